The van der Waals surface area contributed by atoms with Gasteiger partial charge in [-0.15, -0.1) is 5.73 Å². The minimum atomic E-state index is -0.245. The molecule has 352 valence electrons. The van der Waals surface area contributed by atoms with Gasteiger partial charge >= 0.3 is 0 Å². The number of aldehydes is 1. The first-order valence-electron chi connectivity index (χ1n) is 25.1. The Balaban J connectivity index is 0.000000496. The van der Waals surface area contributed by atoms with Crippen LogP contribution >= 0.6 is 0 Å². The van der Waals surface area contributed by atoms with Gasteiger partial charge in [-0.05, 0) is 168 Å². The van der Waals surface area contributed by atoms with Gasteiger partial charge < -0.3 is 15.6 Å². The summed E-state index contributed by atoms with van der Waals surface area (Å²) >= 11 is 0. The van der Waals surface area contributed by atoms with Crippen LogP contribution in [0.1, 0.15) is 191 Å². The van der Waals surface area contributed by atoms with Crippen molar-refractivity contribution in [2.45, 2.75) is 192 Å². The van der Waals surface area contributed by atoms with Gasteiger partial charge in [-0.3, -0.25) is 4.99 Å². The van der Waals surface area contributed by atoms with Crippen molar-refractivity contribution in [3.05, 3.63) is 108 Å². The smallest absolute Gasteiger partial charge is 0.125 e. The molecule has 7 atom stereocenters. The van der Waals surface area contributed by atoms with Crippen LogP contribution in [0.4, 0.5) is 0 Å². The summed E-state index contributed by atoms with van der Waals surface area (Å²) in [7, 11) is 1.00. The zero-order chi connectivity index (χ0) is 47.9. The third-order valence-corrected chi connectivity index (χ3v) is 16.2. The predicted octanol–water partition coefficient (Wildman–Crippen LogP) is 16.1. The zero-order valence-electron chi connectivity index (χ0n) is 43.3. The van der Waals surface area contributed by atoms with Gasteiger partial charge in [-0.2, -0.15) is 0 Å². The van der Waals surface area contributed by atoms with E-state index in [1.165, 1.54) is 98.6 Å². The molecule has 0 bridgehead atoms. The number of aliphatic hydroxyl groups excluding tert-OH is 1. The summed E-state index contributed by atoms with van der Waals surface area (Å²) in [6.07, 6.45) is 31.2. The number of hydrogen-bond acceptors (Lipinski definition) is 4. The molecule has 0 amide bonds. The van der Waals surface area contributed by atoms with Crippen LogP contribution in [-0.2, 0) is 4.79 Å². The second kappa shape index (κ2) is 24.3. The summed E-state index contributed by atoms with van der Waals surface area (Å²) in [6, 6.07) is 8.81. The highest BCUT2D eigenvalue weighted by Gasteiger charge is 2.91. The monoisotopic (exact) mass is 863 g/mol. The second-order valence-electron chi connectivity index (χ2n) is 20.0. The number of rotatable bonds is 10. The van der Waals surface area contributed by atoms with Gasteiger partial charge in [-0.1, -0.05) is 154 Å². The molecule has 0 radical (unpaired) electrons. The molecule has 0 saturated heterocycles. The molecule has 1 aromatic carbocycles. The SMILES string of the molecule is C/C=C\C(C)=C/CC.C=C=CCC(C)(C)C=O.C=CC(=N/C=C(\C)c1ccc(C)cc1)C12CCC(C(C)C)=C1C1(N)CCC3(C)C45CCCCC4CCC35C1CC2.CC.CC.CO. The average Bonchev–Trinajstić information content (AvgIpc) is 3.61. The van der Waals surface area contributed by atoms with E-state index < -0.39 is 0 Å². The summed E-state index contributed by atoms with van der Waals surface area (Å²) in [5.74, 6) is 2.13. The Labute approximate surface area is 388 Å². The van der Waals surface area contributed by atoms with Crippen LogP contribution in [0.3, 0.4) is 0 Å². The average molecular weight is 863 g/mol. The fraction of sp³-hybridized carbons (Fsp3) is 0.644. The summed E-state index contributed by atoms with van der Waals surface area (Å²) < 4.78 is 0. The number of nitrogens with two attached hydrogens (primary N) is 1. The molecule has 0 heterocycles. The number of allylic oxidation sites excluding steroid dienone is 8. The van der Waals surface area contributed by atoms with E-state index in [0.717, 1.165) is 38.6 Å². The Kier molecular flexibility index (Phi) is 21.5. The van der Waals surface area contributed by atoms with Gasteiger partial charge in [0.15, 0.2) is 0 Å². The number of hydrogen-bond donors (Lipinski definition) is 2. The maximum atomic E-state index is 10.3. The zero-order valence-corrected chi connectivity index (χ0v) is 43.3. The molecule has 4 heteroatoms. The molecule has 1 aromatic rings. The standard InChI is InChI=1S/C38H52N2.C8H12O.C8H14.2C2H6.CH4O/c1-7-32(40-24-27(5)28-13-11-26(4)12-14-28)35-19-16-30(25(2)3)33(35)36(39)23-22-34(6)37-18-9-8-10-29(37)15-21-38(34,37)31(36)17-20-35;1-4-5-6-8(2,3)7-9;1-4-6-8(3)7-5-2;3*1-2/h7,11-14,24-25,29,31H,1,8-10,15-23,39H2,2-6H3;5,7H,1,6H2,2-3H3;4,6-7H,5H2,1-3H3;2*1-2H3;2H,1H3/b27-24+,40-32?;;6-4-,8-7-;;;. The molecule has 2 spiro atoms. The van der Waals surface area contributed by atoms with Gasteiger partial charge in [0.1, 0.15) is 6.29 Å². The van der Waals surface area contributed by atoms with Crippen LogP contribution in [-0.4, -0.2) is 29.8 Å². The van der Waals surface area contributed by atoms with Crippen molar-refractivity contribution in [1.82, 2.24) is 0 Å². The van der Waals surface area contributed by atoms with Crippen LogP contribution in [0.25, 0.3) is 5.57 Å². The Morgan fingerprint density at radius 2 is 1.62 bits per heavy atom. The van der Waals surface area contributed by atoms with Gasteiger partial charge in [0.25, 0.3) is 0 Å². The lowest BCUT2D eigenvalue weighted by molar-refractivity contribution is -0.114. The Morgan fingerprint density at radius 3 is 2.17 bits per heavy atom. The molecule has 5 saturated carbocycles. The van der Waals surface area contributed by atoms with Gasteiger partial charge in [0.05, 0.1) is 5.71 Å². The molecule has 4 nitrogen and oxygen atoms in total. The number of benzene rings is 1. The van der Waals surface area contributed by atoms with Crippen molar-refractivity contribution in [1.29, 1.82) is 0 Å². The number of aliphatic hydroxyl groups is 1. The van der Waals surface area contributed by atoms with E-state index in [9.17, 15) is 4.79 Å². The van der Waals surface area contributed by atoms with Crippen LogP contribution in [0.5, 0.6) is 0 Å². The normalized spacial score (nSPS) is 31.4. The molecular formula is C59H94N2O2. The van der Waals surface area contributed by atoms with Crippen LogP contribution in [0, 0.1) is 51.8 Å². The molecule has 0 aromatic heterocycles. The van der Waals surface area contributed by atoms with Crippen molar-refractivity contribution in [2.24, 2.45) is 55.6 Å². The summed E-state index contributed by atoms with van der Waals surface area (Å²) in [5, 5.41) is 7.00. The first-order valence-corrected chi connectivity index (χ1v) is 25.1. The fourth-order valence-electron chi connectivity index (χ4n) is 13.8. The number of carbonyl (C=O) groups excluding carboxylic acids is 1. The summed E-state index contributed by atoms with van der Waals surface area (Å²) in [5.41, 5.74) is 21.3. The lowest BCUT2D eigenvalue weighted by Crippen LogP contribution is -2.62. The van der Waals surface area contributed by atoms with E-state index in [0.29, 0.717) is 28.1 Å². The van der Waals surface area contributed by atoms with E-state index in [-0.39, 0.29) is 16.4 Å². The van der Waals surface area contributed by atoms with E-state index >= 15 is 0 Å². The van der Waals surface area contributed by atoms with Gasteiger partial charge in [0, 0.05) is 29.7 Å². The van der Waals surface area contributed by atoms with Crippen LogP contribution in [0.2, 0.25) is 0 Å². The predicted molar refractivity (Wildman–Crippen MR) is 277 cm³/mol. The lowest BCUT2D eigenvalue weighted by atomic mass is 9.49. The molecule has 7 unspecified atom stereocenters. The number of nitrogens with zero attached hydrogens (tertiary/aromatic N) is 1. The van der Waals surface area contributed by atoms with Crippen molar-refractivity contribution < 1.29 is 9.90 Å². The quantitative estimate of drug-likeness (QED) is 0.0809. The minimum absolute atomic E-state index is 0.0480. The largest absolute Gasteiger partial charge is 0.400 e. The van der Waals surface area contributed by atoms with Crippen molar-refractivity contribution in [2.75, 3.05) is 7.11 Å². The lowest BCUT2D eigenvalue weighted by Gasteiger charge is -2.58. The maximum Gasteiger partial charge on any atom is 0.125 e. The van der Waals surface area contributed by atoms with Crippen molar-refractivity contribution in [3.63, 3.8) is 0 Å². The van der Waals surface area contributed by atoms with Crippen molar-refractivity contribution in [3.8, 4) is 0 Å². The molecule has 7 rings (SSSR count). The number of aliphatic imine (C=N–C) groups is 1. The highest BCUT2D eigenvalue weighted by molar-refractivity contribution is 6.03. The Morgan fingerprint density at radius 1 is 0.968 bits per heavy atom. The highest BCUT2D eigenvalue weighted by Crippen LogP contribution is 2.96. The van der Waals surface area contributed by atoms with Crippen LogP contribution in [0.15, 0.2) is 101 Å². The molecular weight excluding hydrogens is 769 g/mol. The van der Waals surface area contributed by atoms with Crippen LogP contribution < -0.4 is 5.73 Å². The molecule has 6 aliphatic rings. The topological polar surface area (TPSA) is 75.7 Å². The highest BCUT2D eigenvalue weighted by atomic mass is 16.2. The molecule has 0 aliphatic heterocycles. The summed E-state index contributed by atoms with van der Waals surface area (Å²) in [4.78, 5) is 15.5. The molecule has 3 N–H and O–H groups in total. The molecule has 6 aliphatic carbocycles. The maximum absolute atomic E-state index is 10.3. The number of aryl methyl sites for hydroxylation is 1. The summed E-state index contributed by atoms with van der Waals surface area (Å²) in [6.45, 7) is 37.7. The van der Waals surface area contributed by atoms with Gasteiger partial charge in [-0.25, -0.2) is 0 Å². The minimum Gasteiger partial charge on any atom is -0.400 e. The van der Waals surface area contributed by atoms with E-state index in [1.807, 2.05) is 48.5 Å². The number of fused-ring (bicyclic) bond motifs is 3. The Bertz CT molecular complexity index is 1850. The molecule has 5 fully saturated rings. The number of carbonyl (C=O) groups is 1. The van der Waals surface area contributed by atoms with E-state index in [1.54, 1.807) is 17.2 Å². The first-order chi connectivity index (χ1) is 30.0. The molecule has 63 heavy (non-hydrogen) atoms. The third-order valence-electron chi connectivity index (χ3n) is 16.2. The van der Waals surface area contributed by atoms with E-state index in [4.69, 9.17) is 15.8 Å². The second-order valence-corrected chi connectivity index (χ2v) is 20.0. The van der Waals surface area contributed by atoms with Crippen molar-refractivity contribution >= 4 is 17.6 Å². The fourth-order valence-corrected chi connectivity index (χ4v) is 13.8. The van der Waals surface area contributed by atoms with E-state index in [2.05, 4.69) is 122 Å². The first kappa shape index (κ1) is 55.8. The Hall–Kier alpha value is -3.30. The third kappa shape index (κ3) is 10.6. The van der Waals surface area contributed by atoms with Gasteiger partial charge in [0.2, 0.25) is 0 Å².